The van der Waals surface area contributed by atoms with E-state index in [1.54, 1.807) is 13.8 Å². The van der Waals surface area contributed by atoms with E-state index in [1.165, 1.54) is 6.92 Å². The Balaban J connectivity index is 4.44. The highest BCUT2D eigenvalue weighted by Gasteiger charge is 2.26. The zero-order valence-corrected chi connectivity index (χ0v) is 9.60. The molecule has 5 nitrogen and oxygen atoms in total. The van der Waals surface area contributed by atoms with Crippen LogP contribution < -0.4 is 5.09 Å². The van der Waals surface area contributed by atoms with Crippen molar-refractivity contribution in [2.75, 3.05) is 13.2 Å². The Kier molecular flexibility index (Phi) is 5.69. The molecule has 14 heavy (non-hydrogen) atoms. The van der Waals surface area contributed by atoms with Gasteiger partial charge in [0.25, 0.3) is 5.91 Å². The summed E-state index contributed by atoms with van der Waals surface area (Å²) in [4.78, 5) is 11.2. The number of carbonyl (C=O) groups excluding carboxylic acids is 1. The van der Waals surface area contributed by atoms with Crippen LogP contribution in [0.5, 0.6) is 0 Å². The molecule has 0 atom stereocenters. The van der Waals surface area contributed by atoms with Gasteiger partial charge in [0.15, 0.2) is 0 Å². The minimum absolute atomic E-state index is 0.202. The Morgan fingerprint density at radius 1 is 1.36 bits per heavy atom. The number of rotatable bonds is 6. The largest absolute Gasteiger partial charge is 0.435 e. The molecule has 0 fully saturated rings. The maximum Gasteiger partial charge on any atom is 0.435 e. The molecule has 0 aromatic heterocycles. The molecule has 0 radical (unpaired) electrons. The van der Waals surface area contributed by atoms with Crippen molar-refractivity contribution in [1.29, 1.82) is 0 Å². The molecular weight excluding hydrogens is 205 g/mol. The molecule has 1 amide bonds. The van der Waals surface area contributed by atoms with E-state index in [2.05, 4.69) is 11.7 Å². The van der Waals surface area contributed by atoms with Crippen LogP contribution in [0.15, 0.2) is 12.2 Å². The summed E-state index contributed by atoms with van der Waals surface area (Å²) < 4.78 is 21.4. The third-order valence-electron chi connectivity index (χ3n) is 1.22. The van der Waals surface area contributed by atoms with Gasteiger partial charge in [-0.05, 0) is 20.8 Å². The molecule has 0 saturated heterocycles. The SMILES string of the molecule is C=C(C)C(=O)NP(=O)(OCC)OCC. The van der Waals surface area contributed by atoms with E-state index in [0.717, 1.165) is 0 Å². The minimum Gasteiger partial charge on any atom is -0.293 e. The summed E-state index contributed by atoms with van der Waals surface area (Å²) in [5.74, 6) is -0.532. The second-order valence-corrected chi connectivity index (χ2v) is 4.29. The highest BCUT2D eigenvalue weighted by molar-refractivity contribution is 7.52. The van der Waals surface area contributed by atoms with Gasteiger partial charge >= 0.3 is 7.75 Å². The number of hydrogen-bond donors (Lipinski definition) is 1. The van der Waals surface area contributed by atoms with Crippen LogP contribution in [0.2, 0.25) is 0 Å². The van der Waals surface area contributed by atoms with Crippen LogP contribution in [0, 0.1) is 0 Å². The van der Waals surface area contributed by atoms with E-state index >= 15 is 0 Å². The third kappa shape index (κ3) is 4.56. The van der Waals surface area contributed by atoms with Crippen LogP contribution in [0.1, 0.15) is 20.8 Å². The number of carbonyl (C=O) groups is 1. The number of nitrogens with one attached hydrogen (secondary N) is 1. The molecule has 0 aliphatic heterocycles. The molecule has 0 spiro atoms. The smallest absolute Gasteiger partial charge is 0.293 e. The molecule has 0 rings (SSSR count). The molecule has 0 heterocycles. The van der Waals surface area contributed by atoms with Gasteiger partial charge in [0.05, 0.1) is 13.2 Å². The van der Waals surface area contributed by atoms with Crippen molar-refractivity contribution in [1.82, 2.24) is 5.09 Å². The van der Waals surface area contributed by atoms with Crippen LogP contribution in [-0.2, 0) is 18.4 Å². The zero-order chi connectivity index (χ0) is 11.2. The topological polar surface area (TPSA) is 64.6 Å². The second kappa shape index (κ2) is 5.96. The molecule has 82 valence electrons. The van der Waals surface area contributed by atoms with Crippen molar-refractivity contribution < 1.29 is 18.4 Å². The third-order valence-corrected chi connectivity index (χ3v) is 2.90. The average molecular weight is 221 g/mol. The van der Waals surface area contributed by atoms with Crippen LogP contribution in [0.3, 0.4) is 0 Å². The first kappa shape index (κ1) is 13.4. The quantitative estimate of drug-likeness (QED) is 0.549. The van der Waals surface area contributed by atoms with Gasteiger partial charge in [-0.1, -0.05) is 6.58 Å². The summed E-state index contributed by atoms with van der Waals surface area (Å²) in [6, 6.07) is 0. The van der Waals surface area contributed by atoms with E-state index < -0.39 is 13.7 Å². The summed E-state index contributed by atoms with van der Waals surface area (Å²) >= 11 is 0. The molecule has 0 aliphatic rings. The molecule has 6 heteroatoms. The standard InChI is InChI=1S/C8H16NO4P/c1-5-12-14(11,13-6-2)9-8(10)7(3)4/h3,5-6H2,1-2,4H3,(H,9,10,11). The van der Waals surface area contributed by atoms with Gasteiger partial charge in [0.1, 0.15) is 0 Å². The average Bonchev–Trinajstić information content (AvgIpc) is 2.04. The predicted molar refractivity (Wildman–Crippen MR) is 53.8 cm³/mol. The molecule has 0 saturated carbocycles. The van der Waals surface area contributed by atoms with Gasteiger partial charge in [-0.2, -0.15) is 0 Å². The monoisotopic (exact) mass is 221 g/mol. The highest BCUT2D eigenvalue weighted by atomic mass is 31.2. The summed E-state index contributed by atoms with van der Waals surface area (Å²) in [7, 11) is -3.49. The predicted octanol–water partition coefficient (Wildman–Crippen LogP) is 1.86. The first-order valence-electron chi connectivity index (χ1n) is 4.32. The molecule has 1 N–H and O–H groups in total. The maximum absolute atomic E-state index is 11.7. The van der Waals surface area contributed by atoms with Crippen LogP contribution in [0.4, 0.5) is 0 Å². The van der Waals surface area contributed by atoms with E-state index in [4.69, 9.17) is 9.05 Å². The molecule has 0 bridgehead atoms. The van der Waals surface area contributed by atoms with Crippen LogP contribution >= 0.6 is 7.75 Å². The normalized spacial score (nSPS) is 11.1. The lowest BCUT2D eigenvalue weighted by atomic mass is 10.3. The number of hydrogen-bond acceptors (Lipinski definition) is 4. The van der Waals surface area contributed by atoms with Crippen molar-refractivity contribution in [2.24, 2.45) is 0 Å². The molecule has 0 aromatic rings. The molecular formula is C8H16NO4P. The van der Waals surface area contributed by atoms with Crippen molar-refractivity contribution in [3.63, 3.8) is 0 Å². The Hall–Kier alpha value is -0.640. The Morgan fingerprint density at radius 2 is 1.79 bits per heavy atom. The van der Waals surface area contributed by atoms with Crippen LogP contribution in [0.25, 0.3) is 0 Å². The Morgan fingerprint density at radius 3 is 2.07 bits per heavy atom. The van der Waals surface area contributed by atoms with Crippen molar-refractivity contribution in [2.45, 2.75) is 20.8 Å². The molecule has 0 aliphatic carbocycles. The van der Waals surface area contributed by atoms with Crippen LogP contribution in [-0.4, -0.2) is 19.1 Å². The van der Waals surface area contributed by atoms with Gasteiger partial charge < -0.3 is 0 Å². The Bertz CT molecular complexity index is 254. The zero-order valence-electron chi connectivity index (χ0n) is 8.70. The van der Waals surface area contributed by atoms with Gasteiger partial charge in [-0.3, -0.25) is 18.9 Å². The van der Waals surface area contributed by atoms with Crippen molar-refractivity contribution in [3.8, 4) is 0 Å². The fraction of sp³-hybridized carbons (Fsp3) is 0.625. The van der Waals surface area contributed by atoms with Crippen molar-refractivity contribution >= 4 is 13.7 Å². The molecule has 0 aromatic carbocycles. The lowest BCUT2D eigenvalue weighted by Crippen LogP contribution is -2.23. The van der Waals surface area contributed by atoms with E-state index in [-0.39, 0.29) is 18.8 Å². The van der Waals surface area contributed by atoms with E-state index in [0.29, 0.717) is 0 Å². The fourth-order valence-electron chi connectivity index (χ4n) is 0.662. The lowest BCUT2D eigenvalue weighted by molar-refractivity contribution is -0.116. The minimum atomic E-state index is -3.49. The summed E-state index contributed by atoms with van der Waals surface area (Å²) in [6.45, 7) is 8.66. The van der Waals surface area contributed by atoms with Gasteiger partial charge in [0.2, 0.25) is 0 Å². The Labute approximate surface area is 84.1 Å². The summed E-state index contributed by atoms with van der Waals surface area (Å²) in [6.07, 6.45) is 0. The highest BCUT2D eigenvalue weighted by Crippen LogP contribution is 2.43. The van der Waals surface area contributed by atoms with Crippen molar-refractivity contribution in [3.05, 3.63) is 12.2 Å². The summed E-state index contributed by atoms with van der Waals surface area (Å²) in [5, 5.41) is 2.17. The van der Waals surface area contributed by atoms with Gasteiger partial charge in [-0.25, -0.2) is 4.57 Å². The van der Waals surface area contributed by atoms with E-state index in [9.17, 15) is 9.36 Å². The summed E-state index contributed by atoms with van der Waals surface area (Å²) in [5.41, 5.74) is 0.254. The van der Waals surface area contributed by atoms with E-state index in [1.807, 2.05) is 0 Å². The lowest BCUT2D eigenvalue weighted by Gasteiger charge is -2.17. The first-order chi connectivity index (χ1) is 6.45. The molecule has 0 unspecified atom stereocenters. The first-order valence-corrected chi connectivity index (χ1v) is 5.86. The van der Waals surface area contributed by atoms with Gasteiger partial charge in [-0.15, -0.1) is 0 Å². The maximum atomic E-state index is 11.7. The second-order valence-electron chi connectivity index (χ2n) is 2.55. The number of amides is 1. The fourth-order valence-corrected chi connectivity index (χ4v) is 1.98. The van der Waals surface area contributed by atoms with Gasteiger partial charge in [0, 0.05) is 5.57 Å².